The molecule has 10 aromatic carbocycles. The van der Waals surface area contributed by atoms with E-state index in [-0.39, 0.29) is 21.7 Å². The second kappa shape index (κ2) is 25.8. The van der Waals surface area contributed by atoms with Gasteiger partial charge >= 0.3 is 0 Å². The zero-order valence-electron chi connectivity index (χ0n) is 49.2. The molecule has 0 amide bonds. The molecule has 0 heterocycles. The summed E-state index contributed by atoms with van der Waals surface area (Å²) in [6.45, 7) is 26.9. The highest BCUT2D eigenvalue weighted by atomic mass is 79.9. The van der Waals surface area contributed by atoms with E-state index in [1.807, 2.05) is 31.2 Å². The fourth-order valence-electron chi connectivity index (χ4n) is 10.2. The number of nitrogens with one attached hydrogen (secondary N) is 1. The maximum absolute atomic E-state index is 6.67. The maximum atomic E-state index is 6.67. The molecular formula is C76H77BrCl2N2. The number of anilines is 5. The van der Waals surface area contributed by atoms with Crippen LogP contribution in [-0.2, 0) is 21.7 Å². The van der Waals surface area contributed by atoms with Crippen LogP contribution in [0.4, 0.5) is 28.4 Å². The number of benzene rings is 10. The molecule has 0 saturated carbocycles. The molecule has 81 heavy (non-hydrogen) atoms. The molecule has 5 heteroatoms. The number of aryl methyl sites for hydroxylation is 2. The number of halogens is 3. The summed E-state index contributed by atoms with van der Waals surface area (Å²) in [7, 11) is 0. The van der Waals surface area contributed by atoms with Crippen LogP contribution >= 0.6 is 39.1 Å². The van der Waals surface area contributed by atoms with Crippen LogP contribution in [0, 0.1) is 13.8 Å². The molecule has 1 N–H and O–H groups in total. The van der Waals surface area contributed by atoms with E-state index in [0.29, 0.717) is 0 Å². The second-order valence-electron chi connectivity index (χ2n) is 24.2. The van der Waals surface area contributed by atoms with E-state index in [0.717, 1.165) is 48.5 Å². The van der Waals surface area contributed by atoms with Crippen molar-refractivity contribution in [1.29, 1.82) is 0 Å². The standard InChI is InChI=1S/C38H38ClN.C31H33N.C7H6BrCl/c1-27-22-32(39)26-34(23-27)40(33-19-13-18-31(24-33)38(5,6)29-16-11-8-12-17-29)36-21-20-30(37(2,3)4)25-35(36)28-14-9-7-10-15-28;1-30(2,3)25-19-20-29(28(22-25)23-13-8-6-9-14-23)32-27-18-12-17-26(21-27)31(4,5)24-15-10-7-11-16-24;1-5-2-6(8)4-7(9)3-5/h7-26H,1-6H3;6-22,32H,1-5H3;2-4H,1H3. The van der Waals surface area contributed by atoms with Crippen molar-refractivity contribution >= 4 is 67.6 Å². The van der Waals surface area contributed by atoms with Crippen LogP contribution in [0.25, 0.3) is 22.3 Å². The summed E-state index contributed by atoms with van der Waals surface area (Å²) < 4.78 is 1.03. The van der Waals surface area contributed by atoms with E-state index >= 15 is 0 Å². The summed E-state index contributed by atoms with van der Waals surface area (Å²) in [4.78, 5) is 2.36. The van der Waals surface area contributed by atoms with E-state index in [1.165, 1.54) is 61.2 Å². The Kier molecular flexibility index (Phi) is 19.1. The highest BCUT2D eigenvalue weighted by Gasteiger charge is 2.27. The average molecular weight is 1170 g/mol. The Labute approximate surface area is 503 Å². The molecule has 0 bridgehead atoms. The number of hydrogen-bond donors (Lipinski definition) is 1. The monoisotopic (exact) mass is 1170 g/mol. The van der Waals surface area contributed by atoms with Crippen molar-refractivity contribution in [3.63, 3.8) is 0 Å². The van der Waals surface area contributed by atoms with Crippen molar-refractivity contribution in [3.8, 4) is 22.3 Å². The minimum absolute atomic E-state index is 0.0269. The first-order chi connectivity index (χ1) is 38.5. The Morgan fingerprint density at radius 2 is 0.802 bits per heavy atom. The molecule has 0 spiro atoms. The zero-order valence-corrected chi connectivity index (χ0v) is 52.3. The molecule has 0 fully saturated rings. The molecule has 0 aliphatic rings. The van der Waals surface area contributed by atoms with Crippen LogP contribution in [-0.4, -0.2) is 0 Å². The Hall–Kier alpha value is -7.14. The van der Waals surface area contributed by atoms with Gasteiger partial charge in [-0.1, -0.05) is 266 Å². The van der Waals surface area contributed by atoms with Crippen LogP contribution in [0.15, 0.2) is 247 Å². The van der Waals surface area contributed by atoms with Gasteiger partial charge in [-0.05, 0) is 165 Å². The zero-order chi connectivity index (χ0) is 58.1. The van der Waals surface area contributed by atoms with Crippen molar-refractivity contribution < 1.29 is 0 Å². The third-order valence-corrected chi connectivity index (χ3v) is 16.0. The predicted molar refractivity (Wildman–Crippen MR) is 356 cm³/mol. The lowest BCUT2D eigenvalue weighted by molar-refractivity contribution is 0.590. The van der Waals surface area contributed by atoms with Crippen molar-refractivity contribution in [2.75, 3.05) is 10.2 Å². The van der Waals surface area contributed by atoms with Crippen LogP contribution in [0.5, 0.6) is 0 Å². The molecular weight excluding hydrogens is 1090 g/mol. The van der Waals surface area contributed by atoms with Gasteiger partial charge in [0.05, 0.1) is 5.69 Å². The predicted octanol–water partition coefficient (Wildman–Crippen LogP) is 23.5. The quantitative estimate of drug-likeness (QED) is 0.139. The topological polar surface area (TPSA) is 15.3 Å². The van der Waals surface area contributed by atoms with Gasteiger partial charge in [0.1, 0.15) is 0 Å². The lowest BCUT2D eigenvalue weighted by atomic mass is 9.78. The van der Waals surface area contributed by atoms with E-state index < -0.39 is 0 Å². The van der Waals surface area contributed by atoms with Crippen LogP contribution < -0.4 is 10.2 Å². The van der Waals surface area contributed by atoms with Gasteiger partial charge in [-0.15, -0.1) is 0 Å². The van der Waals surface area contributed by atoms with Gasteiger partial charge in [-0.25, -0.2) is 0 Å². The second-order valence-corrected chi connectivity index (χ2v) is 26.0. The molecule has 2 nitrogen and oxygen atoms in total. The Bertz CT molecular complexity index is 3620. The van der Waals surface area contributed by atoms with Gasteiger partial charge in [0, 0.05) is 59.2 Å². The third kappa shape index (κ3) is 15.3. The van der Waals surface area contributed by atoms with Crippen LogP contribution in [0.2, 0.25) is 10.0 Å². The van der Waals surface area contributed by atoms with Gasteiger partial charge in [0.15, 0.2) is 0 Å². The van der Waals surface area contributed by atoms with Crippen LogP contribution in [0.1, 0.15) is 114 Å². The van der Waals surface area contributed by atoms with Crippen molar-refractivity contribution in [2.24, 2.45) is 0 Å². The summed E-state index contributed by atoms with van der Waals surface area (Å²) in [5, 5.41) is 5.22. The first kappa shape index (κ1) is 60.0. The SMILES string of the molecule is CC(C)(C)c1ccc(Nc2cccc(C(C)(C)c3ccccc3)c2)c(-c2ccccc2)c1.Cc1cc(Cl)cc(Br)c1.Cc1cc(Cl)cc(N(c2cccc(C(C)(C)c3ccccc3)c2)c2ccc(C(C)(C)C)cc2-c2ccccc2)c1. The highest BCUT2D eigenvalue weighted by Crippen LogP contribution is 2.45. The minimum Gasteiger partial charge on any atom is -0.355 e. The molecule has 0 aliphatic carbocycles. The van der Waals surface area contributed by atoms with Gasteiger partial charge in [-0.3, -0.25) is 0 Å². The fraction of sp³-hybridized carbons (Fsp3) is 0.211. The van der Waals surface area contributed by atoms with Crippen molar-refractivity contribution in [2.45, 2.75) is 105 Å². The van der Waals surface area contributed by atoms with Gasteiger partial charge < -0.3 is 10.2 Å². The Morgan fingerprint density at radius 3 is 1.31 bits per heavy atom. The molecule has 0 unspecified atom stereocenters. The lowest BCUT2D eigenvalue weighted by Gasteiger charge is -2.32. The Morgan fingerprint density at radius 1 is 0.358 bits per heavy atom. The van der Waals surface area contributed by atoms with E-state index in [4.69, 9.17) is 23.2 Å². The fourth-order valence-corrected chi connectivity index (χ4v) is 11.5. The molecule has 0 aliphatic heterocycles. The van der Waals surface area contributed by atoms with E-state index in [2.05, 4.69) is 321 Å². The largest absolute Gasteiger partial charge is 0.355 e. The molecule has 0 aromatic heterocycles. The number of rotatable bonds is 11. The third-order valence-electron chi connectivity index (χ3n) is 15.1. The first-order valence-corrected chi connectivity index (χ1v) is 29.5. The molecule has 10 rings (SSSR count). The van der Waals surface area contributed by atoms with Crippen LogP contribution in [0.3, 0.4) is 0 Å². The summed E-state index contributed by atoms with van der Waals surface area (Å²) in [5.74, 6) is 0. The molecule has 10 aromatic rings. The average Bonchev–Trinajstić information content (AvgIpc) is 3.59. The minimum atomic E-state index is -0.161. The normalized spacial score (nSPS) is 11.6. The highest BCUT2D eigenvalue weighted by molar-refractivity contribution is 9.10. The molecule has 0 radical (unpaired) electrons. The number of nitrogens with zero attached hydrogens (tertiary/aromatic N) is 1. The summed E-state index contributed by atoms with van der Waals surface area (Å²) in [6.07, 6.45) is 0. The van der Waals surface area contributed by atoms with Crippen molar-refractivity contribution in [3.05, 3.63) is 302 Å². The van der Waals surface area contributed by atoms with Gasteiger partial charge in [-0.2, -0.15) is 0 Å². The number of hydrogen-bond acceptors (Lipinski definition) is 2. The maximum Gasteiger partial charge on any atom is 0.0540 e. The summed E-state index contributed by atoms with van der Waals surface area (Å²) in [6, 6.07) is 86.3. The summed E-state index contributed by atoms with van der Waals surface area (Å²) in [5.41, 5.74) is 20.3. The Balaban J connectivity index is 0.000000187. The van der Waals surface area contributed by atoms with Gasteiger partial charge in [0.25, 0.3) is 0 Å². The summed E-state index contributed by atoms with van der Waals surface area (Å²) >= 11 is 15.7. The lowest BCUT2D eigenvalue weighted by Crippen LogP contribution is -2.20. The molecule has 0 saturated heterocycles. The van der Waals surface area contributed by atoms with E-state index in [9.17, 15) is 0 Å². The van der Waals surface area contributed by atoms with Crippen molar-refractivity contribution in [1.82, 2.24) is 0 Å². The molecule has 412 valence electrons. The smallest absolute Gasteiger partial charge is 0.0540 e. The first-order valence-electron chi connectivity index (χ1n) is 28.0. The molecule has 0 atom stereocenters. The van der Waals surface area contributed by atoms with Gasteiger partial charge in [0.2, 0.25) is 0 Å². The van der Waals surface area contributed by atoms with E-state index in [1.54, 1.807) is 0 Å².